The van der Waals surface area contributed by atoms with Crippen molar-refractivity contribution in [3.05, 3.63) is 120 Å². The van der Waals surface area contributed by atoms with Gasteiger partial charge >= 0.3 is 0 Å². The van der Waals surface area contributed by atoms with Crippen molar-refractivity contribution < 1.29 is 9.59 Å². The number of carbonyl (C=O) groups excluding carboxylic acids is 2. The number of rotatable bonds is 0. The lowest BCUT2D eigenvalue weighted by molar-refractivity contribution is 0.105. The van der Waals surface area contributed by atoms with Gasteiger partial charge in [-0.05, 0) is 58.3 Å². The summed E-state index contributed by atoms with van der Waals surface area (Å²) in [5, 5.41) is 22.7. The summed E-state index contributed by atoms with van der Waals surface area (Å²) in [5.41, 5.74) is 2.47. The first kappa shape index (κ1) is 23.7. The third kappa shape index (κ3) is 3.31. The van der Waals surface area contributed by atoms with Gasteiger partial charge in [0.25, 0.3) is 11.4 Å². The molecule has 0 N–H and O–H groups in total. The molecule has 2 aliphatic rings. The maximum atomic E-state index is 13.2. The SMILES string of the molecule is [C-]#[N+]/C(C#N)=C1\C(=c2\cc/c(=c3/cc/c(=C4\C(=O)c5sccc5\C4=C(\C#N)[N+]#[C-])s3)s2)C(=O)c2sccc21. The van der Waals surface area contributed by atoms with Gasteiger partial charge in [0, 0.05) is 40.4 Å². The lowest BCUT2D eigenvalue weighted by atomic mass is 10.0. The van der Waals surface area contributed by atoms with Crippen molar-refractivity contribution in [2.45, 2.75) is 0 Å². The van der Waals surface area contributed by atoms with E-state index in [2.05, 4.69) is 9.69 Å². The van der Waals surface area contributed by atoms with Gasteiger partial charge in [0.2, 0.25) is 11.6 Å². The molecule has 4 heterocycles. The van der Waals surface area contributed by atoms with Crippen molar-refractivity contribution in [2.75, 3.05) is 0 Å². The summed E-state index contributed by atoms with van der Waals surface area (Å²) < 4.78 is 3.01. The third-order valence-electron chi connectivity index (χ3n) is 6.09. The number of hydrogen-bond acceptors (Lipinski definition) is 8. The number of Topliss-reactive ketones (excluding diaryl/α,β-unsaturated/α-hetero) is 2. The monoisotopic (exact) mass is 560 g/mol. The van der Waals surface area contributed by atoms with Crippen LogP contribution in [0.1, 0.15) is 30.5 Å². The molecule has 38 heavy (non-hydrogen) atoms. The molecular weight excluding hydrogens is 553 g/mol. The van der Waals surface area contributed by atoms with Crippen LogP contribution in [0.2, 0.25) is 0 Å². The maximum Gasteiger partial charge on any atom is 0.270 e. The van der Waals surface area contributed by atoms with Crippen LogP contribution >= 0.6 is 45.3 Å². The predicted octanol–water partition coefficient (Wildman–Crippen LogP) is 5.62. The van der Waals surface area contributed by atoms with Crippen molar-refractivity contribution >= 4 is 79.2 Å². The Morgan fingerprint density at radius 2 is 1.05 bits per heavy atom. The molecule has 0 fully saturated rings. The Bertz CT molecular complexity index is 2030. The fourth-order valence-electron chi connectivity index (χ4n) is 4.53. The highest BCUT2D eigenvalue weighted by molar-refractivity contribution is 7.15. The summed E-state index contributed by atoms with van der Waals surface area (Å²) >= 11 is 5.32. The topological polar surface area (TPSA) is 90.4 Å². The molecule has 0 amide bonds. The second kappa shape index (κ2) is 9.01. The second-order valence-corrected chi connectivity index (χ2v) is 12.0. The van der Waals surface area contributed by atoms with Crippen LogP contribution in [-0.4, -0.2) is 11.6 Å². The average Bonchev–Trinajstić information content (AvgIpc) is 3.75. The molecule has 0 aromatic carbocycles. The molecule has 4 aromatic heterocycles. The zero-order valence-electron chi connectivity index (χ0n) is 18.9. The molecule has 10 heteroatoms. The van der Waals surface area contributed by atoms with E-state index in [4.69, 9.17) is 13.1 Å². The summed E-state index contributed by atoms with van der Waals surface area (Å²) in [6.45, 7) is 14.9. The van der Waals surface area contributed by atoms with Gasteiger partial charge in [0.15, 0.2) is 0 Å². The fourth-order valence-corrected chi connectivity index (χ4v) is 8.42. The van der Waals surface area contributed by atoms with Crippen LogP contribution in [-0.2, 0) is 0 Å². The molecule has 0 aliphatic heterocycles. The average molecular weight is 561 g/mol. The Hall–Kier alpha value is -4.68. The van der Waals surface area contributed by atoms with Crippen molar-refractivity contribution in [1.82, 2.24) is 0 Å². The van der Waals surface area contributed by atoms with E-state index in [0.29, 0.717) is 52.2 Å². The van der Waals surface area contributed by atoms with Crippen LogP contribution in [0.25, 0.3) is 32.0 Å². The van der Waals surface area contributed by atoms with Gasteiger partial charge in [-0.15, -0.1) is 45.3 Å². The maximum absolute atomic E-state index is 13.2. The Kier molecular flexibility index (Phi) is 5.62. The first-order chi connectivity index (χ1) is 18.5. The Labute approximate surface area is 230 Å². The highest BCUT2D eigenvalue weighted by Gasteiger charge is 2.35. The molecule has 0 saturated carbocycles. The number of thiophene rings is 4. The van der Waals surface area contributed by atoms with Crippen LogP contribution in [0.4, 0.5) is 0 Å². The number of nitriles is 2. The minimum atomic E-state index is -0.196. The molecular formula is C28H8N4O2S4. The third-order valence-corrected chi connectivity index (χ3v) is 10.3. The molecule has 0 saturated heterocycles. The van der Waals surface area contributed by atoms with E-state index in [-0.39, 0.29) is 23.0 Å². The molecule has 4 aromatic rings. The number of fused-ring (bicyclic) bond motifs is 2. The quantitative estimate of drug-likeness (QED) is 0.206. The van der Waals surface area contributed by atoms with Gasteiger partial charge < -0.3 is 0 Å². The van der Waals surface area contributed by atoms with E-state index >= 15 is 0 Å². The minimum absolute atomic E-state index is 0.116. The largest absolute Gasteiger partial charge is 0.288 e. The Balaban J connectivity index is 1.62. The van der Waals surface area contributed by atoms with Crippen molar-refractivity contribution in [2.24, 2.45) is 0 Å². The number of allylic oxidation sites excluding steroid dienone is 4. The van der Waals surface area contributed by atoms with Gasteiger partial charge in [-0.2, -0.15) is 0 Å². The Morgan fingerprint density at radius 1 is 0.658 bits per heavy atom. The molecule has 0 bridgehead atoms. The molecule has 0 radical (unpaired) electrons. The molecule has 6 rings (SSSR count). The summed E-state index contributed by atoms with van der Waals surface area (Å²) in [4.78, 5) is 34.3. The molecule has 6 nitrogen and oxygen atoms in total. The van der Waals surface area contributed by atoms with Gasteiger partial charge in [0.1, 0.15) is 0 Å². The summed E-state index contributed by atoms with van der Waals surface area (Å²) in [6, 6.07) is 14.8. The van der Waals surface area contributed by atoms with E-state index in [0.717, 1.165) is 9.06 Å². The minimum Gasteiger partial charge on any atom is -0.288 e. The highest BCUT2D eigenvalue weighted by Crippen LogP contribution is 2.43. The van der Waals surface area contributed by atoms with Gasteiger partial charge in [-0.3, -0.25) is 9.59 Å². The van der Waals surface area contributed by atoms with Gasteiger partial charge in [-0.25, -0.2) is 20.2 Å². The summed E-state index contributed by atoms with van der Waals surface area (Å²) in [6.07, 6.45) is 0. The summed E-state index contributed by atoms with van der Waals surface area (Å²) in [5.74, 6) is -0.393. The molecule has 0 atom stereocenters. The van der Waals surface area contributed by atoms with Crippen molar-refractivity contribution in [1.29, 1.82) is 10.5 Å². The summed E-state index contributed by atoms with van der Waals surface area (Å²) in [7, 11) is 0. The van der Waals surface area contributed by atoms with Crippen LogP contribution in [0.5, 0.6) is 0 Å². The normalized spacial score (nSPS) is 20.2. The first-order valence-corrected chi connectivity index (χ1v) is 14.2. The van der Waals surface area contributed by atoms with E-state index in [1.165, 1.54) is 45.3 Å². The number of carbonyl (C=O) groups is 2. The Morgan fingerprint density at radius 3 is 1.42 bits per heavy atom. The van der Waals surface area contributed by atoms with E-state index in [9.17, 15) is 20.1 Å². The fraction of sp³-hybridized carbons (Fsp3) is 0. The van der Waals surface area contributed by atoms with Crippen molar-refractivity contribution in [3.63, 3.8) is 0 Å². The molecule has 2 aliphatic carbocycles. The van der Waals surface area contributed by atoms with Crippen LogP contribution < -0.4 is 9.06 Å². The number of hydrogen-bond donors (Lipinski definition) is 0. The smallest absolute Gasteiger partial charge is 0.270 e. The van der Waals surface area contributed by atoms with Crippen LogP contribution in [0.15, 0.2) is 58.6 Å². The molecule has 0 unspecified atom stereocenters. The standard InChI is InChI=1S/C28H8N4O2S4/c1-31-15(11-29)21-13-7-9-35-27(13)25(33)23(21)19-5-3-17(37-19)18-4-6-20(38-18)24-22(16(12-30)32-2)14-8-10-36-28(14)26(24)34/h3-10H/b18-17+,21-15-,22-16+,23-19+,24-20+. The number of nitrogens with zero attached hydrogens (tertiary/aromatic N) is 4. The first-order valence-electron chi connectivity index (χ1n) is 10.8. The van der Waals surface area contributed by atoms with E-state index in [1.807, 2.05) is 36.4 Å². The zero-order valence-corrected chi connectivity index (χ0v) is 22.1. The van der Waals surface area contributed by atoms with Gasteiger partial charge in [-0.1, -0.05) is 0 Å². The number of ketones is 2. The lowest BCUT2D eigenvalue weighted by Crippen LogP contribution is -2.06. The predicted molar refractivity (Wildman–Crippen MR) is 148 cm³/mol. The molecule has 0 spiro atoms. The van der Waals surface area contributed by atoms with Gasteiger partial charge in [0.05, 0.1) is 35.0 Å². The van der Waals surface area contributed by atoms with E-state index < -0.39 is 0 Å². The second-order valence-electron chi connectivity index (χ2n) is 7.96. The highest BCUT2D eigenvalue weighted by atomic mass is 32.1. The van der Waals surface area contributed by atoms with Crippen LogP contribution in [0, 0.1) is 44.9 Å². The zero-order chi connectivity index (χ0) is 26.6. The van der Waals surface area contributed by atoms with E-state index in [1.54, 1.807) is 22.9 Å². The van der Waals surface area contributed by atoms with Crippen molar-refractivity contribution in [3.8, 4) is 12.1 Å². The lowest BCUT2D eigenvalue weighted by Gasteiger charge is -1.99. The van der Waals surface area contributed by atoms with Crippen LogP contribution in [0.3, 0.4) is 0 Å². The molecule has 176 valence electrons.